The third-order valence-corrected chi connectivity index (χ3v) is 2.94. The molecule has 0 aromatic heterocycles. The van der Waals surface area contributed by atoms with Gasteiger partial charge in [0.05, 0.1) is 12.2 Å². The van der Waals surface area contributed by atoms with Crippen LogP contribution in [0.4, 0.5) is 0 Å². The highest BCUT2D eigenvalue weighted by Crippen LogP contribution is 2.35. The molecule has 0 amide bonds. The minimum atomic E-state index is -0.757. The Morgan fingerprint density at radius 3 is 2.64 bits per heavy atom. The van der Waals surface area contributed by atoms with Crippen molar-refractivity contribution in [3.63, 3.8) is 0 Å². The van der Waals surface area contributed by atoms with E-state index < -0.39 is 5.60 Å². The summed E-state index contributed by atoms with van der Waals surface area (Å²) in [4.78, 5) is 0. The fourth-order valence-corrected chi connectivity index (χ4v) is 2.09. The molecule has 66 valence electrons. The molecular weight excluding hydrogens is 140 g/mol. The van der Waals surface area contributed by atoms with Crippen LogP contribution >= 0.6 is 0 Å². The molecule has 1 aliphatic carbocycles. The van der Waals surface area contributed by atoms with Crippen LogP contribution < -0.4 is 0 Å². The quantitative estimate of drug-likeness (QED) is 0.636. The molecule has 2 unspecified atom stereocenters. The van der Waals surface area contributed by atoms with Gasteiger partial charge in [0, 0.05) is 0 Å². The molecule has 0 aromatic carbocycles. The Morgan fingerprint density at radius 2 is 2.18 bits per heavy atom. The average Bonchev–Trinajstić information content (AvgIpc) is 2.05. The van der Waals surface area contributed by atoms with E-state index in [4.69, 9.17) is 5.11 Å². The van der Waals surface area contributed by atoms with Crippen molar-refractivity contribution in [2.24, 2.45) is 5.92 Å². The van der Waals surface area contributed by atoms with Gasteiger partial charge in [-0.25, -0.2) is 0 Å². The summed E-state index contributed by atoms with van der Waals surface area (Å²) in [6, 6.07) is 0. The van der Waals surface area contributed by atoms with Crippen molar-refractivity contribution in [1.82, 2.24) is 0 Å². The maximum atomic E-state index is 9.89. The van der Waals surface area contributed by atoms with Crippen LogP contribution in [0.2, 0.25) is 0 Å². The van der Waals surface area contributed by atoms with Crippen molar-refractivity contribution in [3.8, 4) is 0 Å². The Bertz CT molecular complexity index is 125. The van der Waals surface area contributed by atoms with E-state index in [9.17, 15) is 5.11 Å². The molecule has 0 aromatic rings. The second kappa shape index (κ2) is 3.55. The monoisotopic (exact) mass is 158 g/mol. The van der Waals surface area contributed by atoms with Crippen molar-refractivity contribution in [1.29, 1.82) is 0 Å². The molecule has 11 heavy (non-hydrogen) atoms. The lowest BCUT2D eigenvalue weighted by atomic mass is 9.74. The molecule has 0 heterocycles. The predicted octanol–water partition coefficient (Wildman–Crippen LogP) is 1.31. The number of hydrogen-bond donors (Lipinski definition) is 2. The summed E-state index contributed by atoms with van der Waals surface area (Å²) in [5.74, 6) is 0.321. The zero-order valence-electron chi connectivity index (χ0n) is 7.21. The lowest BCUT2D eigenvalue weighted by Gasteiger charge is -2.38. The van der Waals surface area contributed by atoms with Gasteiger partial charge in [-0.05, 0) is 18.8 Å². The van der Waals surface area contributed by atoms with Crippen molar-refractivity contribution < 1.29 is 10.2 Å². The van der Waals surface area contributed by atoms with Gasteiger partial charge in [0.2, 0.25) is 0 Å². The standard InChI is InChI=1S/C9H18O2/c1-2-8-5-3-4-6-9(8,11)7-10/h8,10-11H,2-7H2,1H3. The fraction of sp³-hybridized carbons (Fsp3) is 1.00. The number of aliphatic hydroxyl groups is 2. The molecule has 1 aliphatic rings. The molecule has 0 aliphatic heterocycles. The summed E-state index contributed by atoms with van der Waals surface area (Å²) in [6.45, 7) is 2.02. The van der Waals surface area contributed by atoms with Gasteiger partial charge in [0.25, 0.3) is 0 Å². The summed E-state index contributed by atoms with van der Waals surface area (Å²) in [7, 11) is 0. The van der Waals surface area contributed by atoms with Gasteiger partial charge < -0.3 is 10.2 Å². The Hall–Kier alpha value is -0.0800. The highest BCUT2D eigenvalue weighted by Gasteiger charge is 2.36. The van der Waals surface area contributed by atoms with Gasteiger partial charge in [-0.2, -0.15) is 0 Å². The SMILES string of the molecule is CCC1CCCCC1(O)CO. The van der Waals surface area contributed by atoms with E-state index in [0.717, 1.165) is 25.7 Å². The summed E-state index contributed by atoms with van der Waals surface area (Å²) >= 11 is 0. The molecule has 0 saturated heterocycles. The molecule has 2 heteroatoms. The van der Waals surface area contributed by atoms with E-state index in [1.54, 1.807) is 0 Å². The lowest BCUT2D eigenvalue weighted by Crippen LogP contribution is -2.43. The third kappa shape index (κ3) is 1.74. The Labute approximate surface area is 68.2 Å². The van der Waals surface area contributed by atoms with Crippen LogP contribution in [0.15, 0.2) is 0 Å². The van der Waals surface area contributed by atoms with Gasteiger partial charge in [-0.3, -0.25) is 0 Å². The first-order valence-electron chi connectivity index (χ1n) is 4.56. The highest BCUT2D eigenvalue weighted by atomic mass is 16.3. The second-order valence-electron chi connectivity index (χ2n) is 3.61. The van der Waals surface area contributed by atoms with E-state index in [2.05, 4.69) is 6.92 Å². The molecule has 2 N–H and O–H groups in total. The van der Waals surface area contributed by atoms with Crippen LogP contribution in [0.25, 0.3) is 0 Å². The van der Waals surface area contributed by atoms with Gasteiger partial charge in [0.1, 0.15) is 0 Å². The maximum absolute atomic E-state index is 9.89. The molecule has 1 fully saturated rings. The molecule has 1 rings (SSSR count). The van der Waals surface area contributed by atoms with E-state index >= 15 is 0 Å². The number of aliphatic hydroxyl groups excluding tert-OH is 1. The number of rotatable bonds is 2. The first-order valence-corrected chi connectivity index (χ1v) is 4.56. The molecule has 1 saturated carbocycles. The van der Waals surface area contributed by atoms with E-state index in [0.29, 0.717) is 5.92 Å². The van der Waals surface area contributed by atoms with Crippen molar-refractivity contribution in [3.05, 3.63) is 0 Å². The van der Waals surface area contributed by atoms with Gasteiger partial charge in [-0.15, -0.1) is 0 Å². The van der Waals surface area contributed by atoms with Gasteiger partial charge in [-0.1, -0.05) is 26.2 Å². The molecule has 2 nitrogen and oxygen atoms in total. The molecule has 0 spiro atoms. The van der Waals surface area contributed by atoms with Crippen LogP contribution in [0.1, 0.15) is 39.0 Å². The van der Waals surface area contributed by atoms with Crippen LogP contribution in [0, 0.1) is 5.92 Å². The Morgan fingerprint density at radius 1 is 1.45 bits per heavy atom. The maximum Gasteiger partial charge on any atom is 0.0905 e. The van der Waals surface area contributed by atoms with Crippen molar-refractivity contribution >= 4 is 0 Å². The van der Waals surface area contributed by atoms with Crippen molar-refractivity contribution in [2.45, 2.75) is 44.6 Å². The summed E-state index contributed by atoms with van der Waals surface area (Å²) < 4.78 is 0. The van der Waals surface area contributed by atoms with E-state index in [1.807, 2.05) is 0 Å². The van der Waals surface area contributed by atoms with Crippen LogP contribution in [-0.2, 0) is 0 Å². The van der Waals surface area contributed by atoms with Gasteiger partial charge >= 0.3 is 0 Å². The molecular formula is C9H18O2. The molecule has 2 atom stereocenters. The highest BCUT2D eigenvalue weighted by molar-refractivity contribution is 4.88. The van der Waals surface area contributed by atoms with Gasteiger partial charge in [0.15, 0.2) is 0 Å². The second-order valence-corrected chi connectivity index (χ2v) is 3.61. The van der Waals surface area contributed by atoms with E-state index in [-0.39, 0.29) is 6.61 Å². The minimum Gasteiger partial charge on any atom is -0.393 e. The fourth-order valence-electron chi connectivity index (χ4n) is 2.09. The summed E-state index contributed by atoms with van der Waals surface area (Å²) in [6.07, 6.45) is 5.11. The predicted molar refractivity (Wildman–Crippen MR) is 44.3 cm³/mol. The Balaban J connectivity index is 2.57. The van der Waals surface area contributed by atoms with Crippen LogP contribution in [0.3, 0.4) is 0 Å². The Kier molecular flexibility index (Phi) is 2.90. The average molecular weight is 158 g/mol. The topological polar surface area (TPSA) is 40.5 Å². The van der Waals surface area contributed by atoms with Crippen LogP contribution in [-0.4, -0.2) is 22.4 Å². The summed E-state index contributed by atoms with van der Waals surface area (Å²) in [5, 5.41) is 18.9. The first-order chi connectivity index (χ1) is 5.23. The van der Waals surface area contributed by atoms with Crippen molar-refractivity contribution in [2.75, 3.05) is 6.61 Å². The molecule has 0 radical (unpaired) electrons. The largest absolute Gasteiger partial charge is 0.393 e. The lowest BCUT2D eigenvalue weighted by molar-refractivity contribution is -0.0863. The first kappa shape index (κ1) is 9.01. The normalized spacial score (nSPS) is 39.0. The minimum absolute atomic E-state index is 0.0640. The van der Waals surface area contributed by atoms with E-state index in [1.165, 1.54) is 6.42 Å². The number of hydrogen-bond acceptors (Lipinski definition) is 2. The summed E-state index contributed by atoms with van der Waals surface area (Å²) in [5.41, 5.74) is -0.757. The zero-order chi connectivity index (χ0) is 8.32. The zero-order valence-corrected chi connectivity index (χ0v) is 7.21. The van der Waals surface area contributed by atoms with Crippen LogP contribution in [0.5, 0.6) is 0 Å². The smallest absolute Gasteiger partial charge is 0.0905 e. The third-order valence-electron chi connectivity index (χ3n) is 2.94. The molecule has 0 bridgehead atoms.